The van der Waals surface area contributed by atoms with Gasteiger partial charge in [-0.3, -0.25) is 4.79 Å². The van der Waals surface area contributed by atoms with Crippen LogP contribution in [0.3, 0.4) is 0 Å². The largest absolute Gasteiger partial charge is 0.356 e. The Hall–Kier alpha value is -1.20. The first-order valence-corrected chi connectivity index (χ1v) is 7.88. The van der Waals surface area contributed by atoms with Gasteiger partial charge in [0.1, 0.15) is 5.69 Å². The van der Waals surface area contributed by atoms with E-state index >= 15 is 0 Å². The van der Waals surface area contributed by atoms with Crippen LogP contribution in [0, 0.1) is 0 Å². The minimum atomic E-state index is -0.0580. The quantitative estimate of drug-likeness (QED) is 0.877. The molecule has 1 aromatic carbocycles. The van der Waals surface area contributed by atoms with Gasteiger partial charge in [-0.15, -0.1) is 11.8 Å². The van der Waals surface area contributed by atoms with Crippen molar-refractivity contribution in [2.24, 2.45) is 0 Å². The minimum absolute atomic E-state index is 0.0580. The first kappa shape index (κ1) is 12.8. The van der Waals surface area contributed by atoms with Crippen molar-refractivity contribution in [3.05, 3.63) is 52.3 Å². The van der Waals surface area contributed by atoms with Crippen LogP contribution >= 0.6 is 27.7 Å². The maximum Gasteiger partial charge on any atom is 0.268 e. The molecule has 0 saturated heterocycles. The highest BCUT2D eigenvalue weighted by Gasteiger charge is 2.22. The molecule has 1 aliphatic rings. The highest BCUT2D eigenvalue weighted by Crippen LogP contribution is 2.35. The van der Waals surface area contributed by atoms with Crippen LogP contribution in [0.5, 0.6) is 0 Å². The van der Waals surface area contributed by atoms with Gasteiger partial charge in [0.05, 0.1) is 6.04 Å². The molecule has 98 valence electrons. The third-order valence-electron chi connectivity index (χ3n) is 3.16. The third-order valence-corrected chi connectivity index (χ3v) is 4.74. The van der Waals surface area contributed by atoms with Gasteiger partial charge in [0.25, 0.3) is 5.91 Å². The first-order chi connectivity index (χ1) is 9.24. The second-order valence-corrected chi connectivity index (χ2v) is 6.49. The molecule has 0 fully saturated rings. The van der Waals surface area contributed by atoms with E-state index < -0.39 is 0 Å². The number of thioether (sulfide) groups is 1. The van der Waals surface area contributed by atoms with E-state index in [9.17, 15) is 4.79 Å². The Bertz CT molecular complexity index is 611. The van der Waals surface area contributed by atoms with Crippen LogP contribution in [0.4, 0.5) is 0 Å². The molecule has 1 unspecified atom stereocenters. The predicted molar refractivity (Wildman–Crippen MR) is 80.5 cm³/mol. The van der Waals surface area contributed by atoms with Gasteiger partial charge in [0.2, 0.25) is 0 Å². The molecule has 0 bridgehead atoms. The lowest BCUT2D eigenvalue weighted by Gasteiger charge is -2.25. The molecule has 3 rings (SSSR count). The lowest BCUT2D eigenvalue weighted by Crippen LogP contribution is -2.30. The number of aromatic amines is 1. The van der Waals surface area contributed by atoms with Crippen molar-refractivity contribution < 1.29 is 4.79 Å². The number of hydrogen-bond donors (Lipinski definition) is 2. The number of benzene rings is 1. The van der Waals surface area contributed by atoms with E-state index in [1.54, 1.807) is 12.3 Å². The van der Waals surface area contributed by atoms with Crippen LogP contribution < -0.4 is 5.32 Å². The van der Waals surface area contributed by atoms with Gasteiger partial charge in [0.15, 0.2) is 0 Å². The molecule has 0 spiro atoms. The fourth-order valence-electron chi connectivity index (χ4n) is 2.23. The van der Waals surface area contributed by atoms with Crippen molar-refractivity contribution >= 4 is 33.6 Å². The van der Waals surface area contributed by atoms with Crippen molar-refractivity contribution in [1.82, 2.24) is 10.3 Å². The van der Waals surface area contributed by atoms with E-state index in [0.717, 1.165) is 16.6 Å². The summed E-state index contributed by atoms with van der Waals surface area (Å²) in [6.45, 7) is 0. The summed E-state index contributed by atoms with van der Waals surface area (Å²) in [5, 5.41) is 3.10. The number of carbonyl (C=O) groups excluding carboxylic acids is 1. The summed E-state index contributed by atoms with van der Waals surface area (Å²) < 4.78 is 0.886. The summed E-state index contributed by atoms with van der Waals surface area (Å²) in [7, 11) is 0. The zero-order valence-electron chi connectivity index (χ0n) is 10.2. The molecule has 1 aromatic heterocycles. The van der Waals surface area contributed by atoms with E-state index in [2.05, 4.69) is 38.4 Å². The number of H-pyrrole nitrogens is 1. The van der Waals surface area contributed by atoms with Crippen LogP contribution in [0.2, 0.25) is 0 Å². The number of rotatable bonds is 2. The van der Waals surface area contributed by atoms with Crippen molar-refractivity contribution in [2.75, 3.05) is 5.75 Å². The van der Waals surface area contributed by atoms with Gasteiger partial charge in [-0.05, 0) is 40.0 Å². The Balaban J connectivity index is 1.79. The average Bonchev–Trinajstić information content (AvgIpc) is 2.86. The van der Waals surface area contributed by atoms with Gasteiger partial charge in [-0.2, -0.15) is 0 Å². The van der Waals surface area contributed by atoms with Crippen molar-refractivity contribution in [3.8, 4) is 0 Å². The Morgan fingerprint density at radius 1 is 1.42 bits per heavy atom. The van der Waals surface area contributed by atoms with Crippen molar-refractivity contribution in [2.45, 2.75) is 17.4 Å². The minimum Gasteiger partial charge on any atom is -0.356 e. The maximum atomic E-state index is 12.2. The monoisotopic (exact) mass is 336 g/mol. The first-order valence-electron chi connectivity index (χ1n) is 6.10. The normalized spacial score (nSPS) is 17.8. The summed E-state index contributed by atoms with van der Waals surface area (Å²) >= 11 is 5.19. The van der Waals surface area contributed by atoms with Gasteiger partial charge in [-0.1, -0.05) is 18.2 Å². The summed E-state index contributed by atoms with van der Waals surface area (Å²) in [6, 6.07) is 10.2. The average molecular weight is 337 g/mol. The fraction of sp³-hybridized carbons (Fsp3) is 0.214. The number of hydrogen-bond acceptors (Lipinski definition) is 2. The molecular weight excluding hydrogens is 324 g/mol. The Morgan fingerprint density at radius 2 is 2.26 bits per heavy atom. The van der Waals surface area contributed by atoms with Gasteiger partial charge in [-0.25, -0.2) is 0 Å². The molecule has 3 nitrogen and oxygen atoms in total. The summed E-state index contributed by atoms with van der Waals surface area (Å²) in [5.74, 6) is 0.980. The second kappa shape index (κ2) is 5.43. The van der Waals surface area contributed by atoms with Crippen LogP contribution in [0.15, 0.2) is 45.9 Å². The predicted octanol–water partition coefficient (Wildman–Crippen LogP) is 3.74. The Morgan fingerprint density at radius 3 is 3.05 bits per heavy atom. The van der Waals surface area contributed by atoms with Crippen LogP contribution in [0.25, 0.3) is 0 Å². The van der Waals surface area contributed by atoms with Crippen molar-refractivity contribution in [1.29, 1.82) is 0 Å². The van der Waals surface area contributed by atoms with E-state index in [4.69, 9.17) is 0 Å². The molecule has 0 aliphatic carbocycles. The molecule has 2 heterocycles. The van der Waals surface area contributed by atoms with Crippen LogP contribution in [-0.4, -0.2) is 16.6 Å². The molecule has 2 N–H and O–H groups in total. The molecular formula is C14H13BrN2OS. The third kappa shape index (κ3) is 2.72. The molecule has 0 saturated carbocycles. The topological polar surface area (TPSA) is 44.9 Å². The highest BCUT2D eigenvalue weighted by atomic mass is 79.9. The van der Waals surface area contributed by atoms with E-state index in [0.29, 0.717) is 5.69 Å². The highest BCUT2D eigenvalue weighted by molar-refractivity contribution is 9.10. The molecule has 1 amide bonds. The Labute approximate surface area is 124 Å². The van der Waals surface area contributed by atoms with E-state index in [1.165, 1.54) is 10.5 Å². The zero-order valence-corrected chi connectivity index (χ0v) is 12.6. The molecule has 2 aromatic rings. The maximum absolute atomic E-state index is 12.2. The second-order valence-electron chi connectivity index (χ2n) is 4.43. The lowest BCUT2D eigenvalue weighted by molar-refractivity contribution is 0.0930. The number of halogens is 1. The molecule has 1 atom stereocenters. The standard InChI is InChI=1S/C14H13BrN2OS/c15-9-7-12(16-8-9)14(18)17-11-5-6-19-13-4-2-1-3-10(11)13/h1-4,7-8,11,16H,5-6H2,(H,17,18). The smallest absolute Gasteiger partial charge is 0.268 e. The number of fused-ring (bicyclic) bond motifs is 1. The lowest BCUT2D eigenvalue weighted by atomic mass is 10.0. The number of nitrogens with one attached hydrogen (secondary N) is 2. The van der Waals surface area contributed by atoms with E-state index in [1.807, 2.05) is 23.9 Å². The molecule has 19 heavy (non-hydrogen) atoms. The van der Waals surface area contributed by atoms with Gasteiger partial charge >= 0.3 is 0 Å². The van der Waals surface area contributed by atoms with Crippen LogP contribution in [-0.2, 0) is 0 Å². The van der Waals surface area contributed by atoms with E-state index in [-0.39, 0.29) is 11.9 Å². The number of aromatic nitrogens is 1. The summed E-state index contributed by atoms with van der Waals surface area (Å²) in [6.07, 6.45) is 2.73. The van der Waals surface area contributed by atoms with Crippen LogP contribution in [0.1, 0.15) is 28.5 Å². The van der Waals surface area contributed by atoms with Gasteiger partial charge < -0.3 is 10.3 Å². The SMILES string of the molecule is O=C(NC1CCSc2ccccc21)c1cc(Br)c[nH]1. The van der Waals surface area contributed by atoms with Gasteiger partial charge in [0, 0.05) is 21.3 Å². The molecule has 5 heteroatoms. The molecule has 1 aliphatic heterocycles. The van der Waals surface area contributed by atoms with Crippen molar-refractivity contribution in [3.63, 3.8) is 0 Å². The molecule has 0 radical (unpaired) electrons. The number of carbonyl (C=O) groups is 1. The Kier molecular flexibility index (Phi) is 3.66. The summed E-state index contributed by atoms with van der Waals surface area (Å²) in [5.41, 5.74) is 1.81. The number of amides is 1. The fourth-order valence-corrected chi connectivity index (χ4v) is 3.70. The zero-order chi connectivity index (χ0) is 13.2. The summed E-state index contributed by atoms with van der Waals surface area (Å²) in [4.78, 5) is 16.4.